The Hall–Kier alpha value is -2.41. The van der Waals surface area contributed by atoms with Gasteiger partial charge in [-0.05, 0) is 29.8 Å². The van der Waals surface area contributed by atoms with Crippen LogP contribution < -0.4 is 0 Å². The van der Waals surface area contributed by atoms with Crippen LogP contribution in [0.4, 0.5) is 0 Å². The summed E-state index contributed by atoms with van der Waals surface area (Å²) in [5.41, 5.74) is 5.22. The Labute approximate surface area is 168 Å². The highest BCUT2D eigenvalue weighted by molar-refractivity contribution is 6.17. The summed E-state index contributed by atoms with van der Waals surface area (Å²) in [5, 5.41) is 0. The largest absolute Gasteiger partial charge is 0.379 e. The third-order valence-electron chi connectivity index (χ3n) is 5.26. The molecule has 0 unspecified atom stereocenters. The van der Waals surface area contributed by atoms with Gasteiger partial charge in [0.05, 0.1) is 48.4 Å². The van der Waals surface area contributed by atoms with Gasteiger partial charge in [-0.3, -0.25) is 4.90 Å². The van der Waals surface area contributed by atoms with Gasteiger partial charge in [0.25, 0.3) is 0 Å². The molecule has 2 aromatic heterocycles. The number of alkyl halides is 1. The van der Waals surface area contributed by atoms with E-state index in [-0.39, 0.29) is 0 Å². The number of aromatic amines is 1. The number of para-hydroxylation sites is 2. The SMILES string of the molecule is ClCc1ccc2c(c1)nc(CN1CCOCC1)n2Cc1nc2ccccc2[nH]1. The Morgan fingerprint density at radius 2 is 1.86 bits per heavy atom. The number of H-pyrrole nitrogens is 1. The maximum Gasteiger partial charge on any atom is 0.127 e. The highest BCUT2D eigenvalue weighted by Gasteiger charge is 2.18. The van der Waals surface area contributed by atoms with Crippen LogP contribution >= 0.6 is 11.6 Å². The van der Waals surface area contributed by atoms with Gasteiger partial charge in [-0.25, -0.2) is 9.97 Å². The summed E-state index contributed by atoms with van der Waals surface area (Å²) >= 11 is 6.03. The van der Waals surface area contributed by atoms with Crippen molar-refractivity contribution in [3.05, 3.63) is 59.7 Å². The quantitative estimate of drug-likeness (QED) is 0.525. The van der Waals surface area contributed by atoms with Crippen molar-refractivity contribution in [2.45, 2.75) is 19.0 Å². The van der Waals surface area contributed by atoms with Crippen LogP contribution in [0, 0.1) is 0 Å². The number of fused-ring (bicyclic) bond motifs is 2. The number of rotatable bonds is 5. The van der Waals surface area contributed by atoms with E-state index in [4.69, 9.17) is 26.3 Å². The molecule has 6 nitrogen and oxygen atoms in total. The first-order valence-electron chi connectivity index (χ1n) is 9.58. The molecule has 4 aromatic rings. The number of nitrogens with zero attached hydrogens (tertiary/aromatic N) is 4. The van der Waals surface area contributed by atoms with Gasteiger partial charge in [0.15, 0.2) is 0 Å². The zero-order valence-corrected chi connectivity index (χ0v) is 16.3. The van der Waals surface area contributed by atoms with Gasteiger partial charge in [-0.15, -0.1) is 11.6 Å². The van der Waals surface area contributed by atoms with E-state index in [1.54, 1.807) is 0 Å². The van der Waals surface area contributed by atoms with Crippen molar-refractivity contribution in [1.82, 2.24) is 24.4 Å². The Bertz CT molecular complexity index is 1080. The third-order valence-corrected chi connectivity index (χ3v) is 5.57. The molecular formula is C21H22ClN5O. The van der Waals surface area contributed by atoms with E-state index < -0.39 is 0 Å². The van der Waals surface area contributed by atoms with Crippen LogP contribution in [0.25, 0.3) is 22.1 Å². The molecule has 3 heterocycles. The minimum absolute atomic E-state index is 0.491. The zero-order valence-electron chi connectivity index (χ0n) is 15.6. The lowest BCUT2D eigenvalue weighted by molar-refractivity contribution is 0.0327. The molecule has 0 radical (unpaired) electrons. The highest BCUT2D eigenvalue weighted by Crippen LogP contribution is 2.22. The fraction of sp³-hybridized carbons (Fsp3) is 0.333. The maximum atomic E-state index is 6.03. The topological polar surface area (TPSA) is 59.0 Å². The van der Waals surface area contributed by atoms with Crippen molar-refractivity contribution in [2.24, 2.45) is 0 Å². The molecule has 7 heteroatoms. The first-order valence-corrected chi connectivity index (χ1v) is 10.1. The number of hydrogen-bond donors (Lipinski definition) is 1. The van der Waals surface area contributed by atoms with Gasteiger partial charge in [-0.2, -0.15) is 0 Å². The summed E-state index contributed by atoms with van der Waals surface area (Å²) in [7, 11) is 0. The Morgan fingerprint density at radius 3 is 2.68 bits per heavy atom. The van der Waals surface area contributed by atoms with Crippen molar-refractivity contribution in [3.8, 4) is 0 Å². The molecule has 0 aliphatic carbocycles. The van der Waals surface area contributed by atoms with E-state index in [0.29, 0.717) is 12.4 Å². The number of ether oxygens (including phenoxy) is 1. The van der Waals surface area contributed by atoms with Crippen LogP contribution in [-0.2, 0) is 23.7 Å². The van der Waals surface area contributed by atoms with E-state index in [1.807, 2.05) is 18.2 Å². The van der Waals surface area contributed by atoms with E-state index >= 15 is 0 Å². The molecule has 5 rings (SSSR count). The number of halogens is 1. The van der Waals surface area contributed by atoms with Gasteiger partial charge in [-0.1, -0.05) is 18.2 Å². The first kappa shape index (κ1) is 17.7. The van der Waals surface area contributed by atoms with Gasteiger partial charge < -0.3 is 14.3 Å². The number of aromatic nitrogens is 4. The number of nitrogens with one attached hydrogen (secondary N) is 1. The molecular weight excluding hydrogens is 374 g/mol. The molecule has 1 N–H and O–H groups in total. The monoisotopic (exact) mass is 395 g/mol. The zero-order chi connectivity index (χ0) is 18.9. The summed E-state index contributed by atoms with van der Waals surface area (Å²) in [4.78, 5) is 15.5. The van der Waals surface area contributed by atoms with Gasteiger partial charge in [0.1, 0.15) is 11.6 Å². The second-order valence-corrected chi connectivity index (χ2v) is 7.43. The molecule has 28 heavy (non-hydrogen) atoms. The molecule has 1 aliphatic rings. The van der Waals surface area contributed by atoms with Gasteiger partial charge in [0, 0.05) is 19.0 Å². The van der Waals surface area contributed by atoms with E-state index in [2.05, 4.69) is 38.7 Å². The number of morpholine rings is 1. The average Bonchev–Trinajstić information content (AvgIpc) is 3.29. The fourth-order valence-corrected chi connectivity index (χ4v) is 3.96. The van der Waals surface area contributed by atoms with Gasteiger partial charge in [0.2, 0.25) is 0 Å². The molecule has 0 bridgehead atoms. The molecule has 2 aromatic carbocycles. The van der Waals surface area contributed by atoms with Crippen LogP contribution in [0.15, 0.2) is 42.5 Å². The van der Waals surface area contributed by atoms with Crippen LogP contribution in [0.1, 0.15) is 17.2 Å². The maximum absolute atomic E-state index is 6.03. The molecule has 0 saturated carbocycles. The van der Waals surface area contributed by atoms with Crippen molar-refractivity contribution >= 4 is 33.7 Å². The van der Waals surface area contributed by atoms with E-state index in [0.717, 1.165) is 72.1 Å². The Morgan fingerprint density at radius 1 is 1.00 bits per heavy atom. The first-order chi connectivity index (χ1) is 13.8. The van der Waals surface area contributed by atoms with Crippen molar-refractivity contribution in [2.75, 3.05) is 26.3 Å². The van der Waals surface area contributed by atoms with E-state index in [9.17, 15) is 0 Å². The van der Waals surface area contributed by atoms with Crippen LogP contribution in [0.2, 0.25) is 0 Å². The normalized spacial score (nSPS) is 15.6. The second kappa shape index (κ2) is 7.54. The Balaban J connectivity index is 1.54. The van der Waals surface area contributed by atoms with E-state index in [1.165, 1.54) is 0 Å². The molecule has 1 saturated heterocycles. The molecule has 1 fully saturated rings. The fourth-order valence-electron chi connectivity index (χ4n) is 3.80. The summed E-state index contributed by atoms with van der Waals surface area (Å²) < 4.78 is 7.75. The highest BCUT2D eigenvalue weighted by atomic mass is 35.5. The summed E-state index contributed by atoms with van der Waals surface area (Å²) in [6.45, 7) is 4.88. The average molecular weight is 396 g/mol. The molecule has 0 spiro atoms. The van der Waals surface area contributed by atoms with Crippen molar-refractivity contribution in [3.63, 3.8) is 0 Å². The number of benzene rings is 2. The summed E-state index contributed by atoms with van der Waals surface area (Å²) in [6, 6.07) is 14.4. The smallest absolute Gasteiger partial charge is 0.127 e. The lowest BCUT2D eigenvalue weighted by Gasteiger charge is -2.26. The Kier molecular flexibility index (Phi) is 4.76. The van der Waals surface area contributed by atoms with Crippen LogP contribution in [0.5, 0.6) is 0 Å². The summed E-state index contributed by atoms with van der Waals surface area (Å²) in [6.07, 6.45) is 0. The molecule has 0 atom stereocenters. The molecule has 0 amide bonds. The second-order valence-electron chi connectivity index (χ2n) is 7.16. The van der Waals surface area contributed by atoms with Crippen LogP contribution in [0.3, 0.4) is 0 Å². The van der Waals surface area contributed by atoms with Crippen molar-refractivity contribution < 1.29 is 4.74 Å². The standard InChI is InChI=1S/C21H22ClN5O/c22-12-15-5-6-19-18(11-15)25-21(14-26-7-9-28-10-8-26)27(19)13-20-23-16-3-1-2-4-17(16)24-20/h1-6,11H,7-10,12-14H2,(H,23,24). The number of imidazole rings is 2. The lowest BCUT2D eigenvalue weighted by atomic mass is 10.2. The third kappa shape index (κ3) is 3.39. The summed E-state index contributed by atoms with van der Waals surface area (Å²) in [5.74, 6) is 2.47. The lowest BCUT2D eigenvalue weighted by Crippen LogP contribution is -2.36. The van der Waals surface area contributed by atoms with Crippen LogP contribution in [-0.4, -0.2) is 50.7 Å². The number of hydrogen-bond acceptors (Lipinski definition) is 4. The van der Waals surface area contributed by atoms with Crippen molar-refractivity contribution in [1.29, 1.82) is 0 Å². The van der Waals surface area contributed by atoms with Gasteiger partial charge >= 0.3 is 0 Å². The molecule has 1 aliphatic heterocycles. The predicted molar refractivity (Wildman–Crippen MR) is 111 cm³/mol. The minimum Gasteiger partial charge on any atom is -0.379 e. The minimum atomic E-state index is 0.491. The molecule has 144 valence electrons. The predicted octanol–water partition coefficient (Wildman–Crippen LogP) is 3.53.